The highest BCUT2D eigenvalue weighted by Crippen LogP contribution is 2.18. The summed E-state index contributed by atoms with van der Waals surface area (Å²) in [6.45, 7) is 2.20. The lowest BCUT2D eigenvalue weighted by atomic mass is 10.0. The number of hydrogen-bond donors (Lipinski definition) is 0. The maximum atomic E-state index is 4.71. The van der Waals surface area contributed by atoms with Crippen LogP contribution >= 0.6 is 0 Å². The lowest BCUT2D eigenvalue weighted by Crippen LogP contribution is -2.21. The van der Waals surface area contributed by atoms with Gasteiger partial charge in [-0.15, -0.1) is 0 Å². The van der Waals surface area contributed by atoms with Crippen LogP contribution in [0.1, 0.15) is 12.5 Å². The predicted molar refractivity (Wildman–Crippen MR) is 71.3 cm³/mol. The van der Waals surface area contributed by atoms with Crippen LogP contribution in [0.2, 0.25) is 0 Å². The molecule has 0 heterocycles. The SMILES string of the molecule is CCc1cc2ccc1cc2.CO[Si](OC)OC. The van der Waals surface area contributed by atoms with Gasteiger partial charge in [-0.1, -0.05) is 37.3 Å². The van der Waals surface area contributed by atoms with Crippen molar-refractivity contribution in [1.82, 2.24) is 0 Å². The normalized spacial score (nSPS) is 10.6. The standard InChI is InChI=1S/C10H10.C3H9O3Si/c1-2-9-7-8-3-5-10(9)6-4-8;1-4-7(5-2)6-3/h3-7H,2H2,1H3;1-3H3. The molecular formula is C13H19O3Si. The maximum Gasteiger partial charge on any atom is 0.576 e. The van der Waals surface area contributed by atoms with E-state index in [0.29, 0.717) is 0 Å². The molecule has 1 radical (unpaired) electrons. The summed E-state index contributed by atoms with van der Waals surface area (Å²) in [5.74, 6) is 0. The first-order valence-electron chi connectivity index (χ1n) is 5.55. The summed E-state index contributed by atoms with van der Waals surface area (Å²) in [5, 5.41) is 2.73. The van der Waals surface area contributed by atoms with Gasteiger partial charge >= 0.3 is 9.53 Å². The third kappa shape index (κ3) is 4.09. The average Bonchev–Trinajstić information content (AvgIpc) is 2.42. The van der Waals surface area contributed by atoms with Crippen molar-refractivity contribution in [2.45, 2.75) is 13.3 Å². The maximum absolute atomic E-state index is 4.71. The summed E-state index contributed by atoms with van der Waals surface area (Å²) in [4.78, 5) is 0. The van der Waals surface area contributed by atoms with Crippen molar-refractivity contribution >= 4 is 20.3 Å². The molecule has 0 aliphatic rings. The van der Waals surface area contributed by atoms with Crippen molar-refractivity contribution in [2.24, 2.45) is 0 Å². The molecular weight excluding hydrogens is 232 g/mol. The van der Waals surface area contributed by atoms with E-state index in [2.05, 4.69) is 37.3 Å². The molecule has 3 aromatic carbocycles. The van der Waals surface area contributed by atoms with E-state index in [1.807, 2.05) is 0 Å². The number of aryl methyl sites for hydroxylation is 1. The fourth-order valence-electron chi connectivity index (χ4n) is 1.63. The molecule has 2 bridgehead atoms. The molecule has 3 nitrogen and oxygen atoms in total. The van der Waals surface area contributed by atoms with E-state index in [-0.39, 0.29) is 0 Å². The van der Waals surface area contributed by atoms with Crippen LogP contribution in [-0.2, 0) is 19.7 Å². The summed E-state index contributed by atoms with van der Waals surface area (Å²) in [5.41, 5.74) is 1.47. The molecule has 0 aliphatic heterocycles. The minimum absolute atomic E-state index is 1.15. The summed E-state index contributed by atoms with van der Waals surface area (Å²) in [7, 11) is 3.31. The van der Waals surface area contributed by atoms with Gasteiger partial charge in [0.1, 0.15) is 0 Å². The minimum Gasteiger partial charge on any atom is -0.375 e. The van der Waals surface area contributed by atoms with E-state index in [1.165, 1.54) is 16.3 Å². The highest BCUT2D eigenvalue weighted by atomic mass is 28.3. The van der Waals surface area contributed by atoms with Gasteiger partial charge in [0.25, 0.3) is 0 Å². The summed E-state index contributed by atoms with van der Waals surface area (Å²) < 4.78 is 14.1. The molecule has 0 N–H and O–H groups in total. The van der Waals surface area contributed by atoms with Gasteiger partial charge in [-0.05, 0) is 22.8 Å². The van der Waals surface area contributed by atoms with Crippen molar-refractivity contribution in [3.05, 3.63) is 35.9 Å². The van der Waals surface area contributed by atoms with Crippen molar-refractivity contribution in [3.63, 3.8) is 0 Å². The highest BCUT2D eigenvalue weighted by molar-refractivity contribution is 6.36. The van der Waals surface area contributed by atoms with Gasteiger partial charge in [0.2, 0.25) is 0 Å². The number of fused-ring (bicyclic) bond motifs is 3. The van der Waals surface area contributed by atoms with Crippen LogP contribution in [0, 0.1) is 0 Å². The molecule has 0 unspecified atom stereocenters. The highest BCUT2D eigenvalue weighted by Gasteiger charge is 2.09. The lowest BCUT2D eigenvalue weighted by molar-refractivity contribution is 0.163. The van der Waals surface area contributed by atoms with Crippen molar-refractivity contribution in [3.8, 4) is 0 Å². The second-order valence-electron chi connectivity index (χ2n) is 3.51. The Morgan fingerprint density at radius 3 is 1.65 bits per heavy atom. The van der Waals surface area contributed by atoms with Gasteiger partial charge in [0.05, 0.1) is 0 Å². The molecule has 0 atom stereocenters. The molecule has 17 heavy (non-hydrogen) atoms. The molecule has 0 aromatic heterocycles. The quantitative estimate of drug-likeness (QED) is 0.782. The molecule has 0 saturated heterocycles. The van der Waals surface area contributed by atoms with Crippen LogP contribution in [0.4, 0.5) is 0 Å². The first kappa shape index (κ1) is 14.1. The third-order valence-electron chi connectivity index (χ3n) is 2.50. The van der Waals surface area contributed by atoms with Gasteiger partial charge in [-0.2, -0.15) is 0 Å². The van der Waals surface area contributed by atoms with Gasteiger partial charge in [0.15, 0.2) is 0 Å². The van der Waals surface area contributed by atoms with Crippen LogP contribution in [-0.4, -0.2) is 30.9 Å². The zero-order valence-electron chi connectivity index (χ0n) is 10.8. The Balaban J connectivity index is 0.000000185. The fraction of sp³-hybridized carbons (Fsp3) is 0.385. The fourth-order valence-corrected chi connectivity index (χ4v) is 2.13. The molecule has 3 rings (SSSR count). The number of rotatable bonds is 4. The summed E-state index contributed by atoms with van der Waals surface area (Å²) in [6.07, 6.45) is 1.15. The molecule has 0 saturated carbocycles. The van der Waals surface area contributed by atoms with Crippen LogP contribution in [0.25, 0.3) is 10.8 Å². The Morgan fingerprint density at radius 1 is 0.941 bits per heavy atom. The van der Waals surface area contributed by atoms with E-state index >= 15 is 0 Å². The zero-order chi connectivity index (χ0) is 12.7. The average molecular weight is 251 g/mol. The van der Waals surface area contributed by atoms with Crippen LogP contribution in [0.15, 0.2) is 30.3 Å². The Kier molecular flexibility index (Phi) is 6.14. The first-order valence-corrected chi connectivity index (χ1v) is 6.77. The monoisotopic (exact) mass is 251 g/mol. The van der Waals surface area contributed by atoms with Gasteiger partial charge in [0, 0.05) is 21.3 Å². The summed E-state index contributed by atoms with van der Waals surface area (Å²) in [6, 6.07) is 11.0. The Labute approximate surface area is 105 Å². The molecule has 0 amide bonds. The van der Waals surface area contributed by atoms with Gasteiger partial charge in [-0.3, -0.25) is 0 Å². The van der Waals surface area contributed by atoms with E-state index in [1.54, 1.807) is 21.3 Å². The van der Waals surface area contributed by atoms with E-state index in [9.17, 15) is 0 Å². The van der Waals surface area contributed by atoms with E-state index in [0.717, 1.165) is 6.42 Å². The minimum atomic E-state index is -1.36. The molecule has 3 aromatic rings. The topological polar surface area (TPSA) is 27.7 Å². The smallest absolute Gasteiger partial charge is 0.375 e. The van der Waals surface area contributed by atoms with Crippen LogP contribution in [0.3, 0.4) is 0 Å². The lowest BCUT2D eigenvalue weighted by Gasteiger charge is -2.03. The van der Waals surface area contributed by atoms with E-state index in [4.69, 9.17) is 13.3 Å². The first-order chi connectivity index (χ1) is 8.24. The third-order valence-corrected chi connectivity index (χ3v) is 3.50. The second kappa shape index (κ2) is 7.40. The molecule has 4 heteroatoms. The number of benzene rings is 3. The Morgan fingerprint density at radius 2 is 1.47 bits per heavy atom. The van der Waals surface area contributed by atoms with Crippen LogP contribution in [0.5, 0.6) is 0 Å². The van der Waals surface area contributed by atoms with Crippen molar-refractivity contribution in [1.29, 1.82) is 0 Å². The molecule has 93 valence electrons. The largest absolute Gasteiger partial charge is 0.576 e. The van der Waals surface area contributed by atoms with Crippen LogP contribution < -0.4 is 0 Å². The van der Waals surface area contributed by atoms with Gasteiger partial charge in [-0.25, -0.2) is 0 Å². The molecule has 0 spiro atoms. The van der Waals surface area contributed by atoms with Crippen molar-refractivity contribution < 1.29 is 13.3 Å². The van der Waals surface area contributed by atoms with Gasteiger partial charge < -0.3 is 13.3 Å². The van der Waals surface area contributed by atoms with E-state index < -0.39 is 9.53 Å². The predicted octanol–water partition coefficient (Wildman–Crippen LogP) is 2.75. The number of hydrogen-bond acceptors (Lipinski definition) is 3. The molecule has 0 aliphatic carbocycles. The molecule has 0 fully saturated rings. The second-order valence-corrected chi connectivity index (χ2v) is 5.23. The zero-order valence-corrected chi connectivity index (χ0v) is 11.8. The van der Waals surface area contributed by atoms with Crippen molar-refractivity contribution in [2.75, 3.05) is 21.3 Å². The Hall–Kier alpha value is -0.943. The summed E-state index contributed by atoms with van der Waals surface area (Å²) >= 11 is 0. The Bertz CT molecular complexity index is 389.